The largest absolute Gasteiger partial charge is 0.484 e. The molecular formula is C26H34Cl2FN3O3. The molecular weight excluding hydrogens is 492 g/mol. The number of carbonyl (C=O) groups is 2. The highest BCUT2D eigenvalue weighted by molar-refractivity contribution is 6.30. The highest BCUT2D eigenvalue weighted by Gasteiger charge is 2.69. The predicted octanol–water partition coefficient (Wildman–Crippen LogP) is 4.46. The summed E-state index contributed by atoms with van der Waals surface area (Å²) in [6.07, 6.45) is 11.7. The van der Waals surface area contributed by atoms with Crippen LogP contribution >= 0.6 is 23.2 Å². The Morgan fingerprint density at radius 3 is 2.40 bits per heavy atom. The summed E-state index contributed by atoms with van der Waals surface area (Å²) in [6, 6.07) is 4.07. The molecule has 2 amide bonds. The number of piperidine rings is 1. The number of nitrogens with one attached hydrogen (secondary N) is 3. The zero-order valence-corrected chi connectivity index (χ0v) is 21.4. The maximum atomic E-state index is 13.5. The van der Waals surface area contributed by atoms with Gasteiger partial charge in [-0.2, -0.15) is 0 Å². The van der Waals surface area contributed by atoms with Gasteiger partial charge < -0.3 is 20.7 Å². The first kappa shape index (κ1) is 25.1. The average molecular weight is 526 g/mol. The molecule has 0 aromatic heterocycles. The van der Waals surface area contributed by atoms with E-state index in [1.807, 2.05) is 0 Å². The van der Waals surface area contributed by atoms with Crippen LogP contribution < -0.4 is 20.7 Å². The van der Waals surface area contributed by atoms with Crippen LogP contribution in [0, 0.1) is 11.7 Å². The second kappa shape index (κ2) is 10.1. The Labute approximate surface area is 216 Å². The molecule has 0 spiro atoms. The molecule has 3 unspecified atom stereocenters. The Bertz CT molecular complexity index is 949. The van der Waals surface area contributed by atoms with Gasteiger partial charge in [0.25, 0.3) is 5.91 Å². The number of carbonyl (C=O) groups excluding carboxylic acids is 2. The summed E-state index contributed by atoms with van der Waals surface area (Å²) < 4.78 is 18.9. The Hall–Kier alpha value is -1.57. The van der Waals surface area contributed by atoms with Gasteiger partial charge in [0.2, 0.25) is 5.91 Å². The third kappa shape index (κ3) is 5.42. The summed E-state index contributed by atoms with van der Waals surface area (Å²) >= 11 is 12.3. The lowest BCUT2D eigenvalue weighted by Crippen LogP contribution is -2.84. The lowest BCUT2D eigenvalue weighted by Gasteiger charge is -2.70. The van der Waals surface area contributed by atoms with E-state index in [1.165, 1.54) is 50.7 Å². The summed E-state index contributed by atoms with van der Waals surface area (Å²) in [5.74, 6) is 0.0176. The van der Waals surface area contributed by atoms with Crippen molar-refractivity contribution in [2.45, 2.75) is 99.2 Å². The van der Waals surface area contributed by atoms with Crippen LogP contribution in [0.1, 0.15) is 70.6 Å². The van der Waals surface area contributed by atoms with E-state index in [0.717, 1.165) is 18.9 Å². The molecule has 1 aromatic carbocycles. The number of alkyl halides is 1. The quantitative estimate of drug-likeness (QED) is 0.362. The van der Waals surface area contributed by atoms with Crippen LogP contribution in [0.25, 0.3) is 0 Å². The topological polar surface area (TPSA) is 79.5 Å². The van der Waals surface area contributed by atoms with E-state index in [9.17, 15) is 14.0 Å². The fourth-order valence-electron chi connectivity index (χ4n) is 6.69. The van der Waals surface area contributed by atoms with Crippen LogP contribution in [0.4, 0.5) is 4.39 Å². The van der Waals surface area contributed by atoms with Gasteiger partial charge in [-0.05, 0) is 63.0 Å². The normalized spacial score (nSPS) is 34.7. The predicted molar refractivity (Wildman–Crippen MR) is 133 cm³/mol. The lowest BCUT2D eigenvalue weighted by molar-refractivity contribution is -0.151. The van der Waals surface area contributed by atoms with Gasteiger partial charge in [-0.25, -0.2) is 4.39 Å². The van der Waals surface area contributed by atoms with Crippen molar-refractivity contribution in [2.24, 2.45) is 5.92 Å². The number of amides is 2. The monoisotopic (exact) mass is 525 g/mol. The first-order chi connectivity index (χ1) is 16.8. The molecule has 6 nitrogen and oxygen atoms in total. The van der Waals surface area contributed by atoms with Gasteiger partial charge in [-0.1, -0.05) is 37.3 Å². The van der Waals surface area contributed by atoms with Gasteiger partial charge in [0.1, 0.15) is 17.6 Å². The van der Waals surface area contributed by atoms with E-state index in [1.54, 1.807) is 0 Å². The molecule has 5 aliphatic rings. The lowest BCUT2D eigenvalue weighted by atomic mass is 9.44. The highest BCUT2D eigenvalue weighted by atomic mass is 35.5. The van der Waals surface area contributed by atoms with Crippen LogP contribution in [-0.4, -0.2) is 47.0 Å². The molecule has 4 aliphatic carbocycles. The first-order valence-electron chi connectivity index (χ1n) is 12.9. The zero-order valence-electron chi connectivity index (χ0n) is 19.9. The molecule has 1 aliphatic heterocycles. The minimum absolute atomic E-state index is 0.00637. The minimum Gasteiger partial charge on any atom is -0.484 e. The fourth-order valence-corrected chi connectivity index (χ4v) is 7.12. The van der Waals surface area contributed by atoms with Crippen LogP contribution in [0.2, 0.25) is 5.02 Å². The van der Waals surface area contributed by atoms with E-state index in [4.69, 9.17) is 27.9 Å². The average Bonchev–Trinajstić information content (AvgIpc) is 3.07. The second-order valence-corrected chi connectivity index (χ2v) is 12.1. The maximum absolute atomic E-state index is 13.5. The van der Waals surface area contributed by atoms with Crippen LogP contribution in [0.5, 0.6) is 5.75 Å². The zero-order chi connectivity index (χ0) is 24.6. The smallest absolute Gasteiger partial charge is 0.258 e. The van der Waals surface area contributed by atoms with Crippen molar-refractivity contribution in [3.05, 3.63) is 29.0 Å². The SMILES string of the molecule is O=C(COc1ccc(Cl)c(F)c1)NC12CC(NC(=O)C3NC(C4CCCCCC4)CCC3Cl)(C1)C2. The molecule has 35 heavy (non-hydrogen) atoms. The van der Waals surface area contributed by atoms with Crippen LogP contribution in [0.3, 0.4) is 0 Å². The molecule has 1 aromatic rings. The summed E-state index contributed by atoms with van der Waals surface area (Å²) in [5.41, 5.74) is -0.541. The van der Waals surface area contributed by atoms with Crippen molar-refractivity contribution in [1.82, 2.24) is 16.0 Å². The molecule has 5 fully saturated rings. The summed E-state index contributed by atoms with van der Waals surface area (Å²) in [5, 5.41) is 9.67. The first-order valence-corrected chi connectivity index (χ1v) is 13.7. The maximum Gasteiger partial charge on any atom is 0.258 e. The van der Waals surface area contributed by atoms with Crippen molar-refractivity contribution in [1.29, 1.82) is 0 Å². The van der Waals surface area contributed by atoms with Crippen LogP contribution in [-0.2, 0) is 9.59 Å². The van der Waals surface area contributed by atoms with E-state index < -0.39 is 5.82 Å². The third-order valence-corrected chi connectivity index (χ3v) is 9.12. The van der Waals surface area contributed by atoms with E-state index in [0.29, 0.717) is 31.2 Å². The van der Waals surface area contributed by atoms with Crippen molar-refractivity contribution >= 4 is 35.0 Å². The summed E-state index contributed by atoms with van der Waals surface area (Å²) in [4.78, 5) is 25.5. The third-order valence-electron chi connectivity index (χ3n) is 8.34. The number of hydrogen-bond donors (Lipinski definition) is 3. The van der Waals surface area contributed by atoms with Gasteiger partial charge in [-0.3, -0.25) is 9.59 Å². The molecule has 2 bridgehead atoms. The molecule has 192 valence electrons. The van der Waals surface area contributed by atoms with Gasteiger partial charge in [0, 0.05) is 23.2 Å². The number of rotatable bonds is 7. The Kier molecular flexibility index (Phi) is 7.21. The molecule has 1 saturated heterocycles. The van der Waals surface area contributed by atoms with Crippen molar-refractivity contribution in [3.63, 3.8) is 0 Å². The van der Waals surface area contributed by atoms with E-state index in [-0.39, 0.29) is 51.7 Å². The summed E-state index contributed by atoms with van der Waals surface area (Å²) in [7, 11) is 0. The van der Waals surface area contributed by atoms with Gasteiger partial charge in [-0.15, -0.1) is 11.6 Å². The molecule has 3 N–H and O–H groups in total. The number of hydrogen-bond acceptors (Lipinski definition) is 4. The van der Waals surface area contributed by atoms with Gasteiger partial charge in [0.05, 0.1) is 10.4 Å². The Morgan fingerprint density at radius 1 is 1.03 bits per heavy atom. The number of halogens is 3. The summed E-state index contributed by atoms with van der Waals surface area (Å²) in [6.45, 7) is -0.204. The number of ether oxygens (including phenoxy) is 1. The Balaban J connectivity index is 1.07. The van der Waals surface area contributed by atoms with E-state index in [2.05, 4.69) is 16.0 Å². The minimum atomic E-state index is -0.589. The van der Waals surface area contributed by atoms with Crippen LogP contribution in [0.15, 0.2) is 18.2 Å². The van der Waals surface area contributed by atoms with Gasteiger partial charge >= 0.3 is 0 Å². The molecule has 0 radical (unpaired) electrons. The molecule has 3 atom stereocenters. The van der Waals surface area contributed by atoms with E-state index >= 15 is 0 Å². The fraction of sp³-hybridized carbons (Fsp3) is 0.692. The second-order valence-electron chi connectivity index (χ2n) is 11.1. The molecule has 9 heteroatoms. The van der Waals surface area contributed by atoms with Crippen molar-refractivity contribution < 1.29 is 18.7 Å². The van der Waals surface area contributed by atoms with Crippen molar-refractivity contribution in [3.8, 4) is 5.75 Å². The molecule has 6 rings (SSSR count). The number of benzene rings is 1. The Morgan fingerprint density at radius 2 is 1.71 bits per heavy atom. The molecule has 1 heterocycles. The van der Waals surface area contributed by atoms with Crippen molar-refractivity contribution in [2.75, 3.05) is 6.61 Å². The molecule has 4 saturated carbocycles. The highest BCUT2D eigenvalue weighted by Crippen LogP contribution is 2.60. The van der Waals surface area contributed by atoms with Gasteiger partial charge in [0.15, 0.2) is 6.61 Å². The standard InChI is InChI=1S/C26H34Cl2FN3O3/c27-18-8-7-17(11-20(18)29)35-12-22(33)31-25-13-26(14-25,15-25)32-24(34)23-19(28)9-10-21(30-23)16-5-3-1-2-4-6-16/h7-8,11,16,19,21,23,30H,1-6,9-10,12-15H2,(H,31,33)(H,32,34).